The van der Waals surface area contributed by atoms with Gasteiger partial charge in [0.05, 0.1) is 25.4 Å². The van der Waals surface area contributed by atoms with Crippen LogP contribution >= 0.6 is 0 Å². The fourth-order valence-corrected chi connectivity index (χ4v) is 1.96. The summed E-state index contributed by atoms with van der Waals surface area (Å²) in [5.74, 6) is 0. The van der Waals surface area contributed by atoms with Gasteiger partial charge in [0.2, 0.25) is 0 Å². The van der Waals surface area contributed by atoms with E-state index in [4.69, 9.17) is 14.2 Å². The van der Waals surface area contributed by atoms with Crippen LogP contribution in [0.5, 0.6) is 0 Å². The Morgan fingerprint density at radius 3 is 2.88 bits per heavy atom. The molecule has 0 aromatic carbocycles. The molecule has 2 fully saturated rings. The minimum absolute atomic E-state index is 0.162. The van der Waals surface area contributed by atoms with E-state index in [9.17, 15) is 0 Å². The van der Waals surface area contributed by atoms with E-state index in [2.05, 4.69) is 5.32 Å². The Kier molecular flexibility index (Phi) is 5.03. The number of rotatable bonds is 8. The lowest BCUT2D eigenvalue weighted by atomic mass is 10.2. The molecule has 1 saturated carbocycles. The van der Waals surface area contributed by atoms with Crippen molar-refractivity contribution < 1.29 is 14.2 Å². The fraction of sp³-hybridized carbons (Fsp3) is 1.00. The van der Waals surface area contributed by atoms with E-state index in [1.54, 1.807) is 7.11 Å². The van der Waals surface area contributed by atoms with Gasteiger partial charge < -0.3 is 19.5 Å². The third kappa shape index (κ3) is 4.37. The molecule has 2 rings (SSSR count). The summed E-state index contributed by atoms with van der Waals surface area (Å²) in [7, 11) is 1.72. The average Bonchev–Trinajstić information content (AvgIpc) is 2.97. The Hall–Kier alpha value is -0.160. The van der Waals surface area contributed by atoms with Gasteiger partial charge in [0, 0.05) is 26.3 Å². The zero-order valence-electron chi connectivity index (χ0n) is 10.1. The molecule has 0 spiro atoms. The lowest BCUT2D eigenvalue weighted by molar-refractivity contribution is -0.0455. The summed E-state index contributed by atoms with van der Waals surface area (Å²) < 4.78 is 16.5. The number of hydrogen-bond acceptors (Lipinski definition) is 4. The molecule has 2 atom stereocenters. The van der Waals surface area contributed by atoms with Crippen LogP contribution < -0.4 is 5.32 Å². The summed E-state index contributed by atoms with van der Waals surface area (Å²) in [5, 5.41) is 3.47. The molecule has 94 valence electrons. The number of ether oxygens (including phenoxy) is 3. The van der Waals surface area contributed by atoms with Crippen LogP contribution in [0.1, 0.15) is 25.7 Å². The highest BCUT2D eigenvalue weighted by Gasteiger charge is 2.23. The lowest BCUT2D eigenvalue weighted by Crippen LogP contribution is -2.35. The molecule has 0 amide bonds. The molecule has 1 aliphatic carbocycles. The van der Waals surface area contributed by atoms with Crippen LogP contribution in [0, 0.1) is 0 Å². The zero-order chi connectivity index (χ0) is 11.2. The maximum atomic E-state index is 5.83. The van der Waals surface area contributed by atoms with Crippen molar-refractivity contribution in [2.45, 2.75) is 43.9 Å². The van der Waals surface area contributed by atoms with Crippen molar-refractivity contribution in [3.05, 3.63) is 0 Å². The Morgan fingerprint density at radius 1 is 1.38 bits per heavy atom. The molecule has 2 aliphatic rings. The quantitative estimate of drug-likeness (QED) is 0.672. The van der Waals surface area contributed by atoms with Crippen LogP contribution in [0.25, 0.3) is 0 Å². The molecule has 16 heavy (non-hydrogen) atoms. The van der Waals surface area contributed by atoms with Gasteiger partial charge in [-0.25, -0.2) is 0 Å². The number of methoxy groups -OCH3 is 1. The van der Waals surface area contributed by atoms with Gasteiger partial charge in [0.15, 0.2) is 0 Å². The molecule has 1 aliphatic heterocycles. The Morgan fingerprint density at radius 2 is 2.25 bits per heavy atom. The second-order valence-corrected chi connectivity index (χ2v) is 4.73. The first-order valence-electron chi connectivity index (χ1n) is 6.34. The van der Waals surface area contributed by atoms with Crippen LogP contribution in [0.3, 0.4) is 0 Å². The van der Waals surface area contributed by atoms with Crippen LogP contribution in [-0.4, -0.2) is 51.7 Å². The molecule has 2 unspecified atom stereocenters. The second kappa shape index (κ2) is 6.55. The van der Waals surface area contributed by atoms with Crippen molar-refractivity contribution >= 4 is 0 Å². The molecule has 1 heterocycles. The van der Waals surface area contributed by atoms with E-state index in [-0.39, 0.29) is 6.10 Å². The van der Waals surface area contributed by atoms with Crippen molar-refractivity contribution in [2.75, 3.05) is 33.5 Å². The molecule has 4 heteroatoms. The maximum Gasteiger partial charge on any atom is 0.0933 e. The van der Waals surface area contributed by atoms with Crippen molar-refractivity contribution in [1.29, 1.82) is 0 Å². The van der Waals surface area contributed by atoms with Gasteiger partial charge in [0.25, 0.3) is 0 Å². The fourth-order valence-electron chi connectivity index (χ4n) is 1.96. The lowest BCUT2D eigenvalue weighted by Gasteiger charge is -2.19. The van der Waals surface area contributed by atoms with E-state index >= 15 is 0 Å². The third-order valence-electron chi connectivity index (χ3n) is 3.11. The maximum absolute atomic E-state index is 5.83. The van der Waals surface area contributed by atoms with E-state index in [1.165, 1.54) is 19.3 Å². The number of nitrogens with one attached hydrogen (secondary N) is 1. The van der Waals surface area contributed by atoms with Gasteiger partial charge in [-0.2, -0.15) is 0 Å². The molecule has 4 nitrogen and oxygen atoms in total. The normalized spacial score (nSPS) is 27.2. The molecule has 0 aromatic heterocycles. The first-order valence-corrected chi connectivity index (χ1v) is 6.34. The first-order chi connectivity index (χ1) is 7.88. The van der Waals surface area contributed by atoms with Crippen LogP contribution in [-0.2, 0) is 14.2 Å². The summed E-state index contributed by atoms with van der Waals surface area (Å²) in [6, 6.07) is 0.727. The minimum atomic E-state index is 0.162. The SMILES string of the molecule is COCC(CNC1CC1)OCC1CCCO1. The monoisotopic (exact) mass is 229 g/mol. The Labute approximate surface area is 97.6 Å². The molecular formula is C12H23NO3. The molecule has 0 aromatic rings. The summed E-state index contributed by atoms with van der Waals surface area (Å²) in [4.78, 5) is 0. The van der Waals surface area contributed by atoms with Gasteiger partial charge in [-0.1, -0.05) is 0 Å². The topological polar surface area (TPSA) is 39.7 Å². The Balaban J connectivity index is 1.59. The summed E-state index contributed by atoms with van der Waals surface area (Å²) in [5.41, 5.74) is 0. The molecule has 0 radical (unpaired) electrons. The van der Waals surface area contributed by atoms with Crippen molar-refractivity contribution in [3.63, 3.8) is 0 Å². The van der Waals surface area contributed by atoms with Gasteiger partial charge >= 0.3 is 0 Å². The van der Waals surface area contributed by atoms with Gasteiger partial charge in [-0.15, -0.1) is 0 Å². The third-order valence-corrected chi connectivity index (χ3v) is 3.11. The highest BCUT2D eigenvalue weighted by Crippen LogP contribution is 2.18. The summed E-state index contributed by atoms with van der Waals surface area (Å²) in [6.45, 7) is 3.15. The van der Waals surface area contributed by atoms with Gasteiger partial charge in [-0.3, -0.25) is 0 Å². The van der Waals surface area contributed by atoms with Crippen molar-refractivity contribution in [1.82, 2.24) is 5.32 Å². The van der Waals surface area contributed by atoms with Crippen LogP contribution in [0.4, 0.5) is 0 Å². The largest absolute Gasteiger partial charge is 0.382 e. The van der Waals surface area contributed by atoms with E-state index in [1.807, 2.05) is 0 Å². The van der Waals surface area contributed by atoms with E-state index in [0.717, 1.165) is 25.6 Å². The highest BCUT2D eigenvalue weighted by molar-refractivity contribution is 4.82. The van der Waals surface area contributed by atoms with Crippen LogP contribution in [0.15, 0.2) is 0 Å². The number of hydrogen-bond donors (Lipinski definition) is 1. The summed E-state index contributed by atoms with van der Waals surface area (Å²) >= 11 is 0. The van der Waals surface area contributed by atoms with Crippen molar-refractivity contribution in [3.8, 4) is 0 Å². The zero-order valence-corrected chi connectivity index (χ0v) is 10.1. The van der Waals surface area contributed by atoms with Gasteiger partial charge in [0.1, 0.15) is 0 Å². The van der Waals surface area contributed by atoms with Crippen LogP contribution in [0.2, 0.25) is 0 Å². The van der Waals surface area contributed by atoms with E-state index in [0.29, 0.717) is 19.3 Å². The smallest absolute Gasteiger partial charge is 0.0933 e. The highest BCUT2D eigenvalue weighted by atomic mass is 16.6. The molecule has 1 saturated heterocycles. The second-order valence-electron chi connectivity index (χ2n) is 4.73. The average molecular weight is 229 g/mol. The molecule has 0 bridgehead atoms. The standard InChI is InChI=1S/C12H23NO3/c1-14-8-12(7-13-10-4-5-10)16-9-11-3-2-6-15-11/h10-13H,2-9H2,1H3. The first kappa shape index (κ1) is 12.3. The molecular weight excluding hydrogens is 206 g/mol. The predicted molar refractivity (Wildman–Crippen MR) is 61.6 cm³/mol. The summed E-state index contributed by atoms with van der Waals surface area (Å²) in [6.07, 6.45) is 5.39. The molecule has 1 N–H and O–H groups in total. The van der Waals surface area contributed by atoms with Gasteiger partial charge in [-0.05, 0) is 25.7 Å². The minimum Gasteiger partial charge on any atom is -0.382 e. The van der Waals surface area contributed by atoms with E-state index < -0.39 is 0 Å². The predicted octanol–water partition coefficient (Wildman–Crippen LogP) is 0.949. The Bertz CT molecular complexity index is 191. The van der Waals surface area contributed by atoms with Crippen molar-refractivity contribution in [2.24, 2.45) is 0 Å².